The summed E-state index contributed by atoms with van der Waals surface area (Å²) in [5.74, 6) is -0.902. The van der Waals surface area contributed by atoms with Gasteiger partial charge in [-0.2, -0.15) is 0 Å². The molecule has 0 amide bonds. The second kappa shape index (κ2) is 51.3. The van der Waals surface area contributed by atoms with E-state index < -0.39 is 6.10 Å². The zero-order chi connectivity index (χ0) is 45.1. The van der Waals surface area contributed by atoms with Crippen molar-refractivity contribution in [3.63, 3.8) is 0 Å². The fraction of sp³-hybridized carbons (Fsp3) is 0.839. The molecule has 0 saturated carbocycles. The maximum atomic E-state index is 12.8. The van der Waals surface area contributed by atoms with Crippen molar-refractivity contribution in [2.75, 3.05) is 13.2 Å². The highest BCUT2D eigenvalue weighted by Crippen LogP contribution is 2.15. The minimum absolute atomic E-state index is 0.0815. The first kappa shape index (κ1) is 59.6. The van der Waals surface area contributed by atoms with Crippen molar-refractivity contribution >= 4 is 17.9 Å². The number of esters is 3. The lowest BCUT2D eigenvalue weighted by Crippen LogP contribution is -2.30. The third kappa shape index (κ3) is 48.7. The highest BCUT2D eigenvalue weighted by atomic mass is 16.6. The maximum absolute atomic E-state index is 12.8. The number of ether oxygens (including phenoxy) is 3. The normalized spacial score (nSPS) is 12.2. The van der Waals surface area contributed by atoms with Gasteiger partial charge in [0.25, 0.3) is 0 Å². The third-order valence-corrected chi connectivity index (χ3v) is 11.8. The van der Waals surface area contributed by atoms with Gasteiger partial charge in [-0.15, -0.1) is 0 Å². The Kier molecular flexibility index (Phi) is 49.3. The van der Waals surface area contributed by atoms with Crippen LogP contribution in [0.2, 0.25) is 0 Å². The fourth-order valence-corrected chi connectivity index (χ4v) is 7.71. The average molecular weight is 871 g/mol. The van der Waals surface area contributed by atoms with E-state index in [0.717, 1.165) is 77.0 Å². The molecule has 0 saturated heterocycles. The Labute approximate surface area is 385 Å². The molecule has 6 nitrogen and oxygen atoms in total. The van der Waals surface area contributed by atoms with E-state index in [0.29, 0.717) is 19.3 Å². The molecule has 0 aliphatic heterocycles. The van der Waals surface area contributed by atoms with E-state index in [-0.39, 0.29) is 31.1 Å². The number of carbonyl (C=O) groups is 3. The molecule has 0 spiro atoms. The van der Waals surface area contributed by atoms with E-state index in [1.165, 1.54) is 167 Å². The highest BCUT2D eigenvalue weighted by molar-refractivity contribution is 5.71. The number of hydrogen-bond acceptors (Lipinski definition) is 6. The number of hydrogen-bond donors (Lipinski definition) is 0. The van der Waals surface area contributed by atoms with Gasteiger partial charge in [0.1, 0.15) is 13.2 Å². The Morgan fingerprint density at radius 1 is 0.306 bits per heavy atom. The molecule has 0 fully saturated rings. The Bertz CT molecular complexity index is 1050. The Morgan fingerprint density at radius 2 is 0.548 bits per heavy atom. The number of rotatable bonds is 49. The van der Waals surface area contributed by atoms with Crippen molar-refractivity contribution in [2.45, 2.75) is 290 Å². The lowest BCUT2D eigenvalue weighted by atomic mass is 10.1. The zero-order valence-electron chi connectivity index (χ0n) is 41.4. The molecular formula is C56H102O6. The van der Waals surface area contributed by atoms with Gasteiger partial charge in [0, 0.05) is 19.3 Å². The molecule has 62 heavy (non-hydrogen) atoms. The molecule has 0 aromatic heterocycles. The van der Waals surface area contributed by atoms with Crippen LogP contribution in [-0.4, -0.2) is 37.2 Å². The smallest absolute Gasteiger partial charge is 0.306 e. The van der Waals surface area contributed by atoms with Gasteiger partial charge in [-0.05, 0) is 89.9 Å². The van der Waals surface area contributed by atoms with Gasteiger partial charge in [0.05, 0.1) is 0 Å². The molecule has 0 aromatic carbocycles. The molecule has 0 heterocycles. The summed E-state index contributed by atoms with van der Waals surface area (Å²) < 4.78 is 16.8. The summed E-state index contributed by atoms with van der Waals surface area (Å²) in [6, 6.07) is 0. The zero-order valence-corrected chi connectivity index (χ0v) is 41.4. The van der Waals surface area contributed by atoms with E-state index >= 15 is 0 Å². The summed E-state index contributed by atoms with van der Waals surface area (Å²) in [5, 5.41) is 0. The lowest BCUT2D eigenvalue weighted by molar-refractivity contribution is -0.167. The second-order valence-corrected chi connectivity index (χ2v) is 18.1. The van der Waals surface area contributed by atoms with E-state index in [1.54, 1.807) is 0 Å². The van der Waals surface area contributed by atoms with Gasteiger partial charge in [-0.25, -0.2) is 0 Å². The predicted octanol–water partition coefficient (Wildman–Crippen LogP) is 17.7. The van der Waals surface area contributed by atoms with Crippen LogP contribution >= 0.6 is 0 Å². The molecule has 0 aliphatic carbocycles. The minimum Gasteiger partial charge on any atom is -0.462 e. The molecule has 0 rings (SSSR count). The molecule has 1 unspecified atom stereocenters. The van der Waals surface area contributed by atoms with Crippen LogP contribution in [0.5, 0.6) is 0 Å². The molecule has 6 heteroatoms. The van der Waals surface area contributed by atoms with Crippen molar-refractivity contribution in [3.8, 4) is 0 Å². The lowest BCUT2D eigenvalue weighted by Gasteiger charge is -2.18. The summed E-state index contributed by atoms with van der Waals surface area (Å²) in [6.45, 7) is 6.59. The molecule has 0 radical (unpaired) electrons. The van der Waals surface area contributed by atoms with Crippen LogP contribution in [0.25, 0.3) is 0 Å². The summed E-state index contributed by atoms with van der Waals surface area (Å²) in [7, 11) is 0. The largest absolute Gasteiger partial charge is 0.462 e. The maximum Gasteiger partial charge on any atom is 0.306 e. The van der Waals surface area contributed by atoms with Crippen LogP contribution < -0.4 is 0 Å². The Morgan fingerprint density at radius 3 is 0.871 bits per heavy atom. The Hall–Kier alpha value is -2.37. The molecule has 0 bridgehead atoms. The first-order valence-electron chi connectivity index (χ1n) is 27.0. The quantitative estimate of drug-likeness (QED) is 0.0262. The predicted molar refractivity (Wildman–Crippen MR) is 266 cm³/mol. The molecule has 362 valence electrons. The topological polar surface area (TPSA) is 78.9 Å². The van der Waals surface area contributed by atoms with Crippen LogP contribution in [0.4, 0.5) is 0 Å². The highest BCUT2D eigenvalue weighted by Gasteiger charge is 2.19. The third-order valence-electron chi connectivity index (χ3n) is 11.8. The number of carbonyl (C=O) groups excluding carboxylic acids is 3. The van der Waals surface area contributed by atoms with Crippen LogP contribution in [0, 0.1) is 0 Å². The molecule has 0 aromatic rings. The van der Waals surface area contributed by atoms with Crippen molar-refractivity contribution in [1.82, 2.24) is 0 Å². The van der Waals surface area contributed by atoms with Gasteiger partial charge >= 0.3 is 17.9 Å². The van der Waals surface area contributed by atoms with Gasteiger partial charge in [0.2, 0.25) is 0 Å². The van der Waals surface area contributed by atoms with Crippen LogP contribution in [0.1, 0.15) is 284 Å². The van der Waals surface area contributed by atoms with Crippen LogP contribution in [0.15, 0.2) is 36.5 Å². The first-order chi connectivity index (χ1) is 30.5. The number of unbranched alkanes of at least 4 members (excludes halogenated alkanes) is 32. The summed E-state index contributed by atoms with van der Waals surface area (Å²) >= 11 is 0. The molecule has 0 N–H and O–H groups in total. The van der Waals surface area contributed by atoms with E-state index in [1.807, 2.05) is 0 Å². The van der Waals surface area contributed by atoms with Gasteiger partial charge in [-0.1, -0.05) is 211 Å². The second-order valence-electron chi connectivity index (χ2n) is 18.1. The van der Waals surface area contributed by atoms with Crippen LogP contribution in [0.3, 0.4) is 0 Å². The van der Waals surface area contributed by atoms with Gasteiger partial charge in [-0.3, -0.25) is 14.4 Å². The number of allylic oxidation sites excluding steroid dienone is 6. The standard InChI is InChI=1S/C56H102O6/c1-4-7-10-13-16-19-22-24-26-27-28-29-30-32-34-37-40-43-46-49-55(58)61-52-53(51-60-54(57)48-45-42-39-36-33-21-18-15-12-9-6-3)62-56(59)50-47-44-41-38-35-31-25-23-20-17-14-11-8-5-2/h15,18,27-28,31,35,53H,4-14,16-17,19-26,29-30,32-34,36-52H2,1-3H3/b18-15-,28-27-,35-31-. The first-order valence-corrected chi connectivity index (χ1v) is 27.0. The van der Waals surface area contributed by atoms with Gasteiger partial charge in [0.15, 0.2) is 6.10 Å². The minimum atomic E-state index is -0.782. The summed E-state index contributed by atoms with van der Waals surface area (Å²) in [6.07, 6.45) is 59.9. The molecule has 0 aliphatic rings. The van der Waals surface area contributed by atoms with Crippen LogP contribution in [-0.2, 0) is 28.6 Å². The van der Waals surface area contributed by atoms with E-state index in [2.05, 4.69) is 57.2 Å². The van der Waals surface area contributed by atoms with Crippen molar-refractivity contribution < 1.29 is 28.6 Å². The monoisotopic (exact) mass is 871 g/mol. The molecule has 1 atom stereocenters. The van der Waals surface area contributed by atoms with E-state index in [4.69, 9.17) is 14.2 Å². The fourth-order valence-electron chi connectivity index (χ4n) is 7.71. The SMILES string of the molecule is CCCC/C=C\CCCCCCCC(=O)OCC(COC(=O)CCCCCCCCC/C=C\CCCCCCCCCC)OC(=O)CCCCC/C=C\CCCCCCCCC. The van der Waals surface area contributed by atoms with Gasteiger partial charge < -0.3 is 14.2 Å². The summed E-state index contributed by atoms with van der Waals surface area (Å²) in [5.41, 5.74) is 0. The average Bonchev–Trinajstić information content (AvgIpc) is 3.27. The van der Waals surface area contributed by atoms with Crippen molar-refractivity contribution in [3.05, 3.63) is 36.5 Å². The molecular weight excluding hydrogens is 769 g/mol. The summed E-state index contributed by atoms with van der Waals surface area (Å²) in [4.78, 5) is 38.0. The van der Waals surface area contributed by atoms with E-state index in [9.17, 15) is 14.4 Å². The Balaban J connectivity index is 4.33. The van der Waals surface area contributed by atoms with Crippen molar-refractivity contribution in [2.24, 2.45) is 0 Å². The van der Waals surface area contributed by atoms with Crippen molar-refractivity contribution in [1.29, 1.82) is 0 Å².